The second-order valence-electron chi connectivity index (χ2n) is 6.13. The van der Waals surface area contributed by atoms with Gasteiger partial charge in [0.25, 0.3) is 0 Å². The zero-order chi connectivity index (χ0) is 22.6. The largest absolute Gasteiger partial charge is 0.480 e. The number of carbonyl (C=O) groups is 5. The number of nitrogens with zero attached hydrogens (tertiary/aromatic N) is 1. The van der Waals surface area contributed by atoms with Gasteiger partial charge in [-0.3, -0.25) is 29.0 Å². The molecule has 0 radical (unpaired) electrons. The highest BCUT2D eigenvalue weighted by Gasteiger charge is 2.25. The molecule has 0 spiro atoms. The Bertz CT molecular complexity index is 649. The lowest BCUT2D eigenvalue weighted by molar-refractivity contribution is -0.141. The van der Waals surface area contributed by atoms with Gasteiger partial charge in [-0.25, -0.2) is 0 Å². The van der Waals surface area contributed by atoms with Crippen molar-refractivity contribution >= 4 is 35.6 Å². The molecule has 0 bridgehead atoms. The van der Waals surface area contributed by atoms with Crippen LogP contribution in [-0.4, -0.2) is 71.9 Å². The first kappa shape index (κ1) is 25.6. The molecule has 0 saturated carbocycles. The number of amides is 4. The number of hydrogen-bond acceptors (Lipinski definition) is 7. The van der Waals surface area contributed by atoms with Crippen molar-refractivity contribution in [1.29, 1.82) is 0 Å². The summed E-state index contributed by atoms with van der Waals surface area (Å²) in [6.07, 6.45) is -0.00197. The first-order chi connectivity index (χ1) is 13.4. The predicted molar refractivity (Wildman–Crippen MR) is 102 cm³/mol. The Morgan fingerprint density at radius 1 is 1.03 bits per heavy atom. The molecule has 0 aromatic rings. The van der Waals surface area contributed by atoms with Crippen LogP contribution >= 0.6 is 0 Å². The zero-order valence-electron chi connectivity index (χ0n) is 16.0. The van der Waals surface area contributed by atoms with Gasteiger partial charge in [-0.1, -0.05) is 0 Å². The van der Waals surface area contributed by atoms with E-state index in [4.69, 9.17) is 28.0 Å². The van der Waals surface area contributed by atoms with Crippen molar-refractivity contribution in [2.75, 3.05) is 13.1 Å². The second-order valence-corrected chi connectivity index (χ2v) is 6.13. The van der Waals surface area contributed by atoms with Gasteiger partial charge in [0.1, 0.15) is 12.1 Å². The Morgan fingerprint density at radius 3 is 2.17 bits per heavy atom. The van der Waals surface area contributed by atoms with Crippen molar-refractivity contribution in [3.63, 3.8) is 0 Å². The number of carboxylic acid groups (broad SMARTS) is 1. The Kier molecular flexibility index (Phi) is 11.4. The average Bonchev–Trinajstić information content (AvgIpc) is 2.60. The molecule has 0 aliphatic heterocycles. The van der Waals surface area contributed by atoms with Crippen molar-refractivity contribution in [2.24, 2.45) is 27.9 Å². The molecule has 29 heavy (non-hydrogen) atoms. The molecule has 4 amide bonds. The van der Waals surface area contributed by atoms with Gasteiger partial charge < -0.3 is 44.0 Å². The van der Waals surface area contributed by atoms with Crippen LogP contribution in [0.1, 0.15) is 26.2 Å². The van der Waals surface area contributed by atoms with E-state index in [2.05, 4.69) is 20.9 Å². The van der Waals surface area contributed by atoms with E-state index in [1.165, 1.54) is 6.92 Å². The predicted octanol–water partition coefficient (Wildman–Crippen LogP) is -4.57. The number of guanidine groups is 1. The maximum Gasteiger partial charge on any atom is 0.325 e. The van der Waals surface area contributed by atoms with Gasteiger partial charge in [-0.2, -0.15) is 0 Å². The van der Waals surface area contributed by atoms with Crippen molar-refractivity contribution in [3.8, 4) is 0 Å². The van der Waals surface area contributed by atoms with E-state index in [1.54, 1.807) is 0 Å². The summed E-state index contributed by atoms with van der Waals surface area (Å²) in [4.78, 5) is 61.4. The summed E-state index contributed by atoms with van der Waals surface area (Å²) < 4.78 is 0. The summed E-state index contributed by atoms with van der Waals surface area (Å²) >= 11 is 0. The molecule has 164 valence electrons. The van der Waals surface area contributed by atoms with E-state index in [9.17, 15) is 24.0 Å². The fourth-order valence-electron chi connectivity index (χ4n) is 2.01. The molecule has 12 N–H and O–H groups in total. The van der Waals surface area contributed by atoms with E-state index >= 15 is 0 Å². The summed E-state index contributed by atoms with van der Waals surface area (Å²) in [6.45, 7) is 0.935. The van der Waals surface area contributed by atoms with Crippen LogP contribution in [0.2, 0.25) is 0 Å². The monoisotopic (exact) mass is 416 g/mol. The van der Waals surface area contributed by atoms with Crippen LogP contribution in [0, 0.1) is 0 Å². The van der Waals surface area contributed by atoms with Gasteiger partial charge in [0.2, 0.25) is 23.6 Å². The normalized spacial score (nSPS) is 13.3. The van der Waals surface area contributed by atoms with E-state index in [-0.39, 0.29) is 18.9 Å². The minimum atomic E-state index is -1.25. The number of hydrogen-bond donors (Lipinski definition) is 8. The molecule has 0 aliphatic carbocycles. The maximum atomic E-state index is 12.3. The summed E-state index contributed by atoms with van der Waals surface area (Å²) in [5.74, 6) is -4.39. The Morgan fingerprint density at radius 2 is 1.66 bits per heavy atom. The highest BCUT2D eigenvalue weighted by atomic mass is 16.4. The number of rotatable bonds is 13. The molecule has 14 heteroatoms. The average molecular weight is 416 g/mol. The third-order valence-electron chi connectivity index (χ3n) is 3.51. The SMILES string of the molecule is CC(NC(=O)CNC(=O)C(CCCN=C(N)N)NC(=O)C(N)CC(N)=O)C(=O)O. The molecular formula is C15H28N8O6. The summed E-state index contributed by atoms with van der Waals surface area (Å²) in [7, 11) is 0. The number of aliphatic carboxylic acids is 1. The lowest BCUT2D eigenvalue weighted by atomic mass is 10.1. The van der Waals surface area contributed by atoms with Gasteiger partial charge >= 0.3 is 5.97 Å². The molecule has 0 heterocycles. The van der Waals surface area contributed by atoms with Crippen LogP contribution in [-0.2, 0) is 24.0 Å². The van der Waals surface area contributed by atoms with Gasteiger partial charge in [-0.05, 0) is 19.8 Å². The molecule has 14 nitrogen and oxygen atoms in total. The molecule has 0 aromatic heterocycles. The van der Waals surface area contributed by atoms with Crippen LogP contribution in [0.3, 0.4) is 0 Å². The summed E-state index contributed by atoms with van der Waals surface area (Å²) in [6, 6.07) is -3.48. The minimum absolute atomic E-state index is 0.102. The maximum absolute atomic E-state index is 12.3. The molecule has 3 atom stereocenters. The molecule has 0 aliphatic rings. The van der Waals surface area contributed by atoms with E-state index < -0.39 is 60.7 Å². The minimum Gasteiger partial charge on any atom is -0.480 e. The van der Waals surface area contributed by atoms with Crippen LogP contribution in [0.15, 0.2) is 4.99 Å². The van der Waals surface area contributed by atoms with Crippen LogP contribution < -0.4 is 38.9 Å². The van der Waals surface area contributed by atoms with Gasteiger partial charge in [0.05, 0.1) is 19.0 Å². The topological polar surface area (TPSA) is 258 Å². The van der Waals surface area contributed by atoms with Crippen molar-refractivity contribution < 1.29 is 29.1 Å². The lowest BCUT2D eigenvalue weighted by Gasteiger charge is -2.20. The fraction of sp³-hybridized carbons (Fsp3) is 0.600. The molecule has 0 rings (SSSR count). The quantitative estimate of drug-likeness (QED) is 0.0814. The summed E-state index contributed by atoms with van der Waals surface area (Å²) in [5, 5.41) is 15.6. The Hall–Kier alpha value is -3.42. The van der Waals surface area contributed by atoms with E-state index in [1.807, 2.05) is 0 Å². The zero-order valence-corrected chi connectivity index (χ0v) is 16.0. The number of carbonyl (C=O) groups excluding carboxylic acids is 4. The second kappa shape index (κ2) is 12.9. The highest BCUT2D eigenvalue weighted by Crippen LogP contribution is 2.00. The summed E-state index contributed by atoms with van der Waals surface area (Å²) in [5.41, 5.74) is 21.0. The van der Waals surface area contributed by atoms with Crippen molar-refractivity contribution in [2.45, 2.75) is 44.3 Å². The fourth-order valence-corrected chi connectivity index (χ4v) is 2.01. The van der Waals surface area contributed by atoms with E-state index in [0.717, 1.165) is 0 Å². The van der Waals surface area contributed by atoms with Gasteiger partial charge in [-0.15, -0.1) is 0 Å². The molecule has 3 unspecified atom stereocenters. The van der Waals surface area contributed by atoms with Crippen LogP contribution in [0.25, 0.3) is 0 Å². The van der Waals surface area contributed by atoms with Crippen molar-refractivity contribution in [3.05, 3.63) is 0 Å². The van der Waals surface area contributed by atoms with E-state index in [0.29, 0.717) is 6.42 Å². The molecule has 0 fully saturated rings. The lowest BCUT2D eigenvalue weighted by Crippen LogP contribution is -2.53. The van der Waals surface area contributed by atoms with Crippen LogP contribution in [0.4, 0.5) is 0 Å². The van der Waals surface area contributed by atoms with Gasteiger partial charge in [0.15, 0.2) is 5.96 Å². The number of carboxylic acids is 1. The highest BCUT2D eigenvalue weighted by molar-refractivity contribution is 5.93. The standard InChI is InChI=1S/C15H28N8O6/c1-7(14(28)29)22-11(25)6-21-13(27)9(3-2-4-20-15(18)19)23-12(26)8(16)5-10(17)24/h7-9H,2-6,16H2,1H3,(H2,17,24)(H,21,27)(H,22,25)(H,23,26)(H,28,29)(H4,18,19,20). The molecule has 0 aromatic carbocycles. The molecular weight excluding hydrogens is 388 g/mol. The molecule has 0 saturated heterocycles. The first-order valence-corrected chi connectivity index (χ1v) is 8.63. The number of primary amides is 1. The third-order valence-corrected chi connectivity index (χ3v) is 3.51. The third kappa shape index (κ3) is 11.8. The van der Waals surface area contributed by atoms with Crippen LogP contribution in [0.5, 0.6) is 0 Å². The van der Waals surface area contributed by atoms with Gasteiger partial charge in [0, 0.05) is 6.54 Å². The first-order valence-electron chi connectivity index (χ1n) is 8.63. The Balaban J connectivity index is 4.88. The Labute approximate surface area is 166 Å². The smallest absolute Gasteiger partial charge is 0.325 e. The number of nitrogens with one attached hydrogen (secondary N) is 3. The van der Waals surface area contributed by atoms with Crippen molar-refractivity contribution in [1.82, 2.24) is 16.0 Å². The number of aliphatic imine (C=N–C) groups is 1. The number of nitrogens with two attached hydrogens (primary N) is 4.